The van der Waals surface area contributed by atoms with Gasteiger partial charge in [0.2, 0.25) is 11.8 Å². The molecular weight excluding hydrogens is 458 g/mol. The molecule has 0 spiro atoms. The summed E-state index contributed by atoms with van der Waals surface area (Å²) < 4.78 is 10.7. The smallest absolute Gasteiger partial charge is 0.373 e. The van der Waals surface area contributed by atoms with E-state index >= 15 is 0 Å². The van der Waals surface area contributed by atoms with Gasteiger partial charge in [-0.25, -0.2) is 4.79 Å². The summed E-state index contributed by atoms with van der Waals surface area (Å²) in [5.74, 6) is -2.64. The number of carboxylic acids is 1. The largest absolute Gasteiger partial charge is 0.480 e. The fourth-order valence-corrected chi connectivity index (χ4v) is 2.44. The Balaban J connectivity index is 0. The second-order valence-corrected chi connectivity index (χ2v) is 7.27. The Morgan fingerprint density at radius 3 is 2.09 bits per heavy atom. The summed E-state index contributed by atoms with van der Waals surface area (Å²) in [6.07, 6.45) is 2.80. The lowest BCUT2D eigenvalue weighted by Crippen LogP contribution is -2.53. The third kappa shape index (κ3) is 18.9. The summed E-state index contributed by atoms with van der Waals surface area (Å²) in [6, 6.07) is -3.09. The van der Waals surface area contributed by atoms with E-state index in [4.69, 9.17) is 29.9 Å². The number of nitrogens with two attached hydrogens (primary N) is 1. The van der Waals surface area contributed by atoms with E-state index in [9.17, 15) is 19.2 Å². The zero-order chi connectivity index (χ0) is 25.6. The highest BCUT2D eigenvalue weighted by atomic mass is 32.1. The number of amides is 2. The van der Waals surface area contributed by atoms with Crippen molar-refractivity contribution >= 4 is 42.3 Å². The van der Waals surface area contributed by atoms with Crippen molar-refractivity contribution in [3.63, 3.8) is 0 Å². The van der Waals surface area contributed by atoms with Crippen LogP contribution in [-0.2, 0) is 38.2 Å². The van der Waals surface area contributed by atoms with Crippen LogP contribution in [-0.4, -0.2) is 85.1 Å². The van der Waals surface area contributed by atoms with Crippen molar-refractivity contribution in [2.24, 2.45) is 5.73 Å². The first-order chi connectivity index (χ1) is 15.6. The quantitative estimate of drug-likeness (QED) is 0.121. The van der Waals surface area contributed by atoms with E-state index in [0.717, 1.165) is 12.8 Å². The predicted octanol–water partition coefficient (Wildman–Crippen LogP) is -0.693. The van der Waals surface area contributed by atoms with Crippen LogP contribution >= 0.6 is 12.6 Å². The van der Waals surface area contributed by atoms with Crippen molar-refractivity contribution in [2.75, 3.05) is 32.2 Å². The van der Waals surface area contributed by atoms with Gasteiger partial charge in [0.15, 0.2) is 0 Å². The molecule has 0 aromatic carbocycles. The Morgan fingerprint density at radius 1 is 1.00 bits per heavy atom. The molecule has 12 nitrogen and oxygen atoms in total. The van der Waals surface area contributed by atoms with Gasteiger partial charge in [0, 0.05) is 25.2 Å². The van der Waals surface area contributed by atoms with Crippen LogP contribution in [0, 0.1) is 0 Å². The number of rotatable bonds is 18. The summed E-state index contributed by atoms with van der Waals surface area (Å²) in [5, 5.41) is 13.6. The number of hydrogen-bond acceptors (Lipinski definition) is 10. The highest BCUT2D eigenvalue weighted by molar-refractivity contribution is 7.80. The first-order valence-corrected chi connectivity index (χ1v) is 11.1. The number of Topliss-reactive ketones (excluding diaryl/α,β-unsaturated/α-hetero) is 1. The topological polar surface area (TPSA) is 191 Å². The summed E-state index contributed by atoms with van der Waals surface area (Å²) in [6.45, 7) is 5.39. The highest BCUT2D eigenvalue weighted by Gasteiger charge is 2.24. The molecule has 0 aromatic rings. The van der Waals surface area contributed by atoms with Gasteiger partial charge in [-0.1, -0.05) is 13.3 Å². The molecule has 0 heterocycles. The summed E-state index contributed by atoms with van der Waals surface area (Å²) >= 11 is 3.85. The van der Waals surface area contributed by atoms with Gasteiger partial charge < -0.3 is 30.9 Å². The number of ketones is 1. The van der Waals surface area contributed by atoms with Crippen LogP contribution in [0.3, 0.4) is 0 Å². The summed E-state index contributed by atoms with van der Waals surface area (Å²) in [4.78, 5) is 63.0. The first kappa shape index (κ1) is 32.9. The molecule has 13 heteroatoms. The monoisotopic (exact) mass is 493 g/mol. The number of carbonyl (C=O) groups is 4. The van der Waals surface area contributed by atoms with E-state index in [0.29, 0.717) is 19.8 Å². The molecule has 0 aliphatic heterocycles. The molecule has 0 bridgehead atoms. The zero-order valence-electron chi connectivity index (χ0n) is 19.0. The maximum atomic E-state index is 12.1. The minimum Gasteiger partial charge on any atom is -0.480 e. The molecule has 0 unspecified atom stereocenters. The van der Waals surface area contributed by atoms with Crippen molar-refractivity contribution in [1.29, 1.82) is 0 Å². The Morgan fingerprint density at radius 2 is 1.58 bits per heavy atom. The van der Waals surface area contributed by atoms with Gasteiger partial charge in [-0.2, -0.15) is 22.2 Å². The Bertz CT molecular complexity index is 628. The van der Waals surface area contributed by atoms with E-state index in [1.165, 1.54) is 6.92 Å². The van der Waals surface area contributed by atoms with Crippen molar-refractivity contribution < 1.29 is 43.3 Å². The maximum absolute atomic E-state index is 12.1. The number of nitrogens with one attached hydrogen (secondary N) is 2. The van der Waals surface area contributed by atoms with Gasteiger partial charge in [0.05, 0.1) is 25.9 Å². The number of carboxylic acid groups (broad SMARTS) is 1. The molecule has 2 amide bonds. The Labute approximate surface area is 198 Å². The molecule has 0 saturated carbocycles. The average Bonchev–Trinajstić information content (AvgIpc) is 2.77. The molecule has 0 radical (unpaired) electrons. The number of ether oxygens (including phenoxy) is 2. The van der Waals surface area contributed by atoms with Crippen molar-refractivity contribution in [3.8, 4) is 0 Å². The third-order valence-corrected chi connectivity index (χ3v) is 4.52. The zero-order valence-corrected chi connectivity index (χ0v) is 19.9. The molecule has 0 aliphatic carbocycles. The van der Waals surface area contributed by atoms with Crippen LogP contribution in [0.15, 0.2) is 0 Å². The molecule has 5 N–H and O–H groups in total. The van der Waals surface area contributed by atoms with Crippen molar-refractivity contribution in [1.82, 2.24) is 10.6 Å². The number of thiol groups is 1. The molecule has 0 fully saturated rings. The van der Waals surface area contributed by atoms with Gasteiger partial charge in [-0.15, -0.1) is 0 Å². The van der Waals surface area contributed by atoms with Gasteiger partial charge >= 0.3 is 12.1 Å². The van der Waals surface area contributed by atoms with Gasteiger partial charge in [0.1, 0.15) is 17.9 Å². The van der Waals surface area contributed by atoms with Gasteiger partial charge in [0.25, 0.3) is 0 Å². The molecular formula is C20H35N3O9S. The van der Waals surface area contributed by atoms with E-state index < -0.39 is 35.9 Å². The van der Waals surface area contributed by atoms with Crippen LogP contribution in [0.4, 0.5) is 0 Å². The average molecular weight is 494 g/mol. The number of hydrogen-bond donors (Lipinski definition) is 5. The third-order valence-electron chi connectivity index (χ3n) is 4.16. The minimum atomic E-state index is -1.22. The maximum Gasteiger partial charge on any atom is 0.373 e. The molecule has 33 heavy (non-hydrogen) atoms. The van der Waals surface area contributed by atoms with Crippen molar-refractivity contribution in [2.45, 2.75) is 64.1 Å². The van der Waals surface area contributed by atoms with Crippen LogP contribution in [0.25, 0.3) is 0 Å². The van der Waals surface area contributed by atoms with Gasteiger partial charge in [-0.05, 0) is 19.8 Å². The lowest BCUT2D eigenvalue weighted by atomic mass is 10.1. The fourth-order valence-electron chi connectivity index (χ4n) is 2.20. The molecule has 3 atom stereocenters. The number of unbranched alkanes of at least 4 members (excludes halogenated alkanes) is 1. The predicted molar refractivity (Wildman–Crippen MR) is 119 cm³/mol. The molecule has 0 saturated heterocycles. The Hall–Kier alpha value is -2.31. The normalized spacial score (nSPS) is 12.8. The number of carbonyl (C=O) groups excluding carboxylic acids is 5. The Kier molecular flexibility index (Phi) is 21.4. The summed E-state index contributed by atoms with van der Waals surface area (Å²) in [7, 11) is 0. The second-order valence-electron chi connectivity index (χ2n) is 6.91. The molecule has 0 rings (SSSR count). The second kappa shape index (κ2) is 21.5. The lowest BCUT2D eigenvalue weighted by molar-refractivity contribution is -0.191. The van der Waals surface area contributed by atoms with Crippen LogP contribution < -0.4 is 16.4 Å². The highest BCUT2D eigenvalue weighted by Crippen LogP contribution is 2.01. The first-order valence-electron chi connectivity index (χ1n) is 10.5. The van der Waals surface area contributed by atoms with E-state index in [1.807, 2.05) is 0 Å². The fraction of sp³-hybridized carbons (Fsp3) is 0.750. The van der Waals surface area contributed by atoms with E-state index in [2.05, 4.69) is 30.2 Å². The minimum absolute atomic E-state index is 0.0750. The van der Waals surface area contributed by atoms with Crippen LogP contribution in [0.2, 0.25) is 0 Å². The summed E-state index contributed by atoms with van der Waals surface area (Å²) in [5.41, 5.74) is 5.77. The van der Waals surface area contributed by atoms with Crippen LogP contribution in [0.5, 0.6) is 0 Å². The SMILES string of the molecule is CCCCOCCOCCC(=O)CC[C@H](N)C(=O)N[C@@H](C)C(=O)N[C@@H](CS)C(=O)O.O=C=O. The molecule has 190 valence electrons. The van der Waals surface area contributed by atoms with E-state index in [-0.39, 0.29) is 43.6 Å². The standard InChI is InChI=1S/C19H35N3O7S.CO2/c1-3-4-8-28-10-11-29-9-7-14(23)5-6-15(20)18(25)21-13(2)17(24)22-16(12-30)19(26)27;2-1-3/h13,15-16,30H,3-12,20H2,1-2H3,(H,21,25)(H,22,24)(H,26,27);/t13-,15-,16-;/m0./s1. The van der Waals surface area contributed by atoms with Gasteiger partial charge in [-0.3, -0.25) is 14.4 Å². The molecule has 0 aliphatic rings. The molecule has 0 aromatic heterocycles. The van der Waals surface area contributed by atoms with E-state index in [1.54, 1.807) is 0 Å². The van der Waals surface area contributed by atoms with Crippen molar-refractivity contribution in [3.05, 3.63) is 0 Å². The lowest BCUT2D eigenvalue weighted by Gasteiger charge is -2.19. The number of aliphatic carboxylic acids is 1. The van der Waals surface area contributed by atoms with Crippen LogP contribution in [0.1, 0.15) is 46.0 Å².